The highest BCUT2D eigenvalue weighted by atomic mass is 16.3. The lowest BCUT2D eigenvalue weighted by Gasteiger charge is -2.17. The van der Waals surface area contributed by atoms with Gasteiger partial charge in [-0.3, -0.25) is 0 Å². The Morgan fingerprint density at radius 1 is 0.864 bits per heavy atom. The molecule has 0 radical (unpaired) electrons. The molecule has 0 aliphatic rings. The van der Waals surface area contributed by atoms with Crippen molar-refractivity contribution >= 4 is 10.8 Å². The van der Waals surface area contributed by atoms with E-state index in [-0.39, 0.29) is 0 Å². The van der Waals surface area contributed by atoms with Crippen LogP contribution in [0.4, 0.5) is 0 Å². The van der Waals surface area contributed by atoms with E-state index in [9.17, 15) is 5.11 Å². The Kier molecular flexibility index (Phi) is 4.12. The van der Waals surface area contributed by atoms with Gasteiger partial charge < -0.3 is 10.0 Å². The van der Waals surface area contributed by atoms with Gasteiger partial charge in [-0.05, 0) is 29.3 Å². The molecule has 0 aliphatic heterocycles. The van der Waals surface area contributed by atoms with E-state index in [2.05, 4.69) is 50.4 Å². The zero-order chi connectivity index (χ0) is 15.5. The van der Waals surface area contributed by atoms with E-state index in [1.807, 2.05) is 18.2 Å². The van der Waals surface area contributed by atoms with Crippen LogP contribution in [-0.4, -0.2) is 12.2 Å². The second kappa shape index (κ2) is 6.20. The molecule has 0 spiro atoms. The number of quaternary nitrogens is 1. The highest BCUT2D eigenvalue weighted by molar-refractivity contribution is 5.87. The molecule has 2 N–H and O–H groups in total. The Morgan fingerprint density at radius 3 is 2.41 bits per heavy atom. The van der Waals surface area contributed by atoms with E-state index in [0.29, 0.717) is 5.75 Å². The third kappa shape index (κ3) is 2.97. The standard InChI is InChI=1S/C20H21NO/c1-15-7-3-4-9-17(15)13-21(2)14-19-18-10-6-5-8-16(18)11-12-20(19)22/h3-12,22H,13-14H2,1-2H3/p+1. The molecule has 3 rings (SSSR count). The van der Waals surface area contributed by atoms with Gasteiger partial charge in [-0.25, -0.2) is 0 Å². The number of phenolic OH excluding ortho intramolecular Hbond substituents is 1. The van der Waals surface area contributed by atoms with Gasteiger partial charge >= 0.3 is 0 Å². The van der Waals surface area contributed by atoms with Crippen molar-refractivity contribution in [1.82, 2.24) is 0 Å². The first-order chi connectivity index (χ1) is 10.6. The molecule has 1 atom stereocenters. The molecule has 1 unspecified atom stereocenters. The molecule has 2 nitrogen and oxygen atoms in total. The maximum Gasteiger partial charge on any atom is 0.125 e. The van der Waals surface area contributed by atoms with Crippen molar-refractivity contribution in [2.24, 2.45) is 0 Å². The van der Waals surface area contributed by atoms with E-state index in [1.165, 1.54) is 21.4 Å². The Morgan fingerprint density at radius 2 is 1.59 bits per heavy atom. The van der Waals surface area contributed by atoms with Gasteiger partial charge in [0.1, 0.15) is 18.8 Å². The number of aromatic hydroxyl groups is 1. The van der Waals surface area contributed by atoms with Crippen LogP contribution >= 0.6 is 0 Å². The SMILES string of the molecule is Cc1ccccc1C[NH+](C)Cc1c(O)ccc2ccccc12. The zero-order valence-corrected chi connectivity index (χ0v) is 13.1. The maximum atomic E-state index is 10.3. The summed E-state index contributed by atoms with van der Waals surface area (Å²) in [6, 6.07) is 20.5. The van der Waals surface area contributed by atoms with Crippen molar-refractivity contribution in [2.45, 2.75) is 20.0 Å². The van der Waals surface area contributed by atoms with Crippen LogP contribution in [-0.2, 0) is 13.1 Å². The summed E-state index contributed by atoms with van der Waals surface area (Å²) < 4.78 is 0. The molecular formula is C20H22NO+. The molecule has 0 bridgehead atoms. The summed E-state index contributed by atoms with van der Waals surface area (Å²) in [5, 5.41) is 12.6. The quantitative estimate of drug-likeness (QED) is 0.759. The van der Waals surface area contributed by atoms with Crippen LogP contribution in [0.25, 0.3) is 10.8 Å². The number of phenols is 1. The fraction of sp³-hybridized carbons (Fsp3) is 0.200. The molecule has 0 saturated carbocycles. The second-order valence-electron chi connectivity index (χ2n) is 6.02. The van der Waals surface area contributed by atoms with E-state index < -0.39 is 0 Å². The fourth-order valence-corrected chi connectivity index (χ4v) is 3.01. The molecule has 2 heteroatoms. The molecule has 112 valence electrons. The molecule has 0 aliphatic carbocycles. The summed E-state index contributed by atoms with van der Waals surface area (Å²) in [6.07, 6.45) is 0. The van der Waals surface area contributed by atoms with Gasteiger partial charge in [0.2, 0.25) is 0 Å². The summed E-state index contributed by atoms with van der Waals surface area (Å²) in [6.45, 7) is 3.91. The Hall–Kier alpha value is -2.32. The van der Waals surface area contributed by atoms with Gasteiger partial charge in [0.15, 0.2) is 0 Å². The minimum absolute atomic E-state index is 0.392. The van der Waals surface area contributed by atoms with Crippen LogP contribution in [0.2, 0.25) is 0 Å². The first kappa shape index (κ1) is 14.6. The van der Waals surface area contributed by atoms with Crippen molar-refractivity contribution < 1.29 is 10.0 Å². The number of benzene rings is 3. The lowest BCUT2D eigenvalue weighted by molar-refractivity contribution is -0.907. The Bertz CT molecular complexity index is 795. The molecular weight excluding hydrogens is 270 g/mol. The predicted molar refractivity (Wildman–Crippen MR) is 91.1 cm³/mol. The van der Waals surface area contributed by atoms with Gasteiger partial charge in [-0.1, -0.05) is 54.6 Å². The molecule has 3 aromatic rings. The van der Waals surface area contributed by atoms with Crippen molar-refractivity contribution in [3.63, 3.8) is 0 Å². The third-order valence-electron chi connectivity index (χ3n) is 4.25. The second-order valence-corrected chi connectivity index (χ2v) is 6.02. The van der Waals surface area contributed by atoms with Crippen LogP contribution in [0.5, 0.6) is 5.75 Å². The van der Waals surface area contributed by atoms with Gasteiger partial charge in [0.05, 0.1) is 12.6 Å². The molecule has 0 fully saturated rings. The van der Waals surface area contributed by atoms with E-state index in [4.69, 9.17) is 0 Å². The molecule has 0 amide bonds. The van der Waals surface area contributed by atoms with Gasteiger partial charge in [-0.2, -0.15) is 0 Å². The summed E-state index contributed by atoms with van der Waals surface area (Å²) in [5.74, 6) is 0.392. The molecule has 0 aromatic heterocycles. The minimum atomic E-state index is 0.392. The van der Waals surface area contributed by atoms with E-state index >= 15 is 0 Å². The molecule has 0 saturated heterocycles. The number of nitrogens with one attached hydrogen (secondary N) is 1. The number of rotatable bonds is 4. The average Bonchev–Trinajstić information content (AvgIpc) is 2.52. The summed E-state index contributed by atoms with van der Waals surface area (Å²) in [5.41, 5.74) is 3.72. The van der Waals surface area contributed by atoms with Gasteiger partial charge in [0, 0.05) is 5.56 Å². The van der Waals surface area contributed by atoms with Gasteiger partial charge in [-0.15, -0.1) is 0 Å². The third-order valence-corrected chi connectivity index (χ3v) is 4.25. The smallest absolute Gasteiger partial charge is 0.125 e. The lowest BCUT2D eigenvalue weighted by atomic mass is 10.0. The summed E-state index contributed by atoms with van der Waals surface area (Å²) in [4.78, 5) is 1.36. The number of hydrogen-bond donors (Lipinski definition) is 2. The average molecular weight is 292 g/mol. The fourth-order valence-electron chi connectivity index (χ4n) is 3.01. The van der Waals surface area contributed by atoms with Crippen LogP contribution in [0.3, 0.4) is 0 Å². The van der Waals surface area contributed by atoms with Crippen LogP contribution < -0.4 is 4.90 Å². The molecule has 0 heterocycles. The number of fused-ring (bicyclic) bond motifs is 1. The van der Waals surface area contributed by atoms with Crippen molar-refractivity contribution in [1.29, 1.82) is 0 Å². The highest BCUT2D eigenvalue weighted by Crippen LogP contribution is 2.26. The Labute approximate surface area is 131 Å². The largest absolute Gasteiger partial charge is 0.507 e. The monoisotopic (exact) mass is 292 g/mol. The molecule has 3 aromatic carbocycles. The zero-order valence-electron chi connectivity index (χ0n) is 13.1. The lowest BCUT2D eigenvalue weighted by Crippen LogP contribution is -3.06. The van der Waals surface area contributed by atoms with Crippen LogP contribution in [0.1, 0.15) is 16.7 Å². The topological polar surface area (TPSA) is 24.7 Å². The highest BCUT2D eigenvalue weighted by Gasteiger charge is 2.13. The predicted octanol–water partition coefficient (Wildman–Crippen LogP) is 3.07. The first-order valence-corrected chi connectivity index (χ1v) is 7.70. The van der Waals surface area contributed by atoms with E-state index in [1.54, 1.807) is 6.07 Å². The first-order valence-electron chi connectivity index (χ1n) is 7.70. The van der Waals surface area contributed by atoms with Crippen LogP contribution in [0, 0.1) is 6.92 Å². The Balaban J connectivity index is 1.87. The van der Waals surface area contributed by atoms with Crippen molar-refractivity contribution in [3.8, 4) is 5.75 Å². The minimum Gasteiger partial charge on any atom is -0.507 e. The van der Waals surface area contributed by atoms with Gasteiger partial charge in [0.25, 0.3) is 0 Å². The normalized spacial score (nSPS) is 12.5. The molecule has 22 heavy (non-hydrogen) atoms. The summed E-state index contributed by atoms with van der Waals surface area (Å²) in [7, 11) is 2.17. The maximum absolute atomic E-state index is 10.3. The van der Waals surface area contributed by atoms with E-state index in [0.717, 1.165) is 24.0 Å². The van der Waals surface area contributed by atoms with Crippen molar-refractivity contribution in [3.05, 3.63) is 77.4 Å². The van der Waals surface area contributed by atoms with Crippen LogP contribution in [0.15, 0.2) is 60.7 Å². The number of hydrogen-bond acceptors (Lipinski definition) is 1. The summed E-state index contributed by atoms with van der Waals surface area (Å²) >= 11 is 0. The van der Waals surface area contributed by atoms with Crippen molar-refractivity contribution in [2.75, 3.05) is 7.05 Å². The number of aryl methyl sites for hydroxylation is 1.